The molecule has 2 aromatic rings. The fourth-order valence-electron chi connectivity index (χ4n) is 1.93. The molecular formula is C16H17BrFNO2. The molecule has 21 heavy (non-hydrogen) atoms. The molecule has 0 radical (unpaired) electrons. The van der Waals surface area contributed by atoms with Crippen molar-refractivity contribution >= 4 is 15.9 Å². The Labute approximate surface area is 132 Å². The maximum atomic E-state index is 13.8. The first-order valence-corrected chi connectivity index (χ1v) is 7.31. The van der Waals surface area contributed by atoms with E-state index >= 15 is 0 Å². The third kappa shape index (κ3) is 4.19. The minimum absolute atomic E-state index is 0.170. The van der Waals surface area contributed by atoms with Gasteiger partial charge in [-0.3, -0.25) is 0 Å². The molecule has 0 saturated heterocycles. The van der Waals surface area contributed by atoms with Crippen LogP contribution in [0.15, 0.2) is 40.9 Å². The Balaban J connectivity index is 2.17. The van der Waals surface area contributed by atoms with Crippen LogP contribution in [0.5, 0.6) is 11.5 Å². The second-order valence-corrected chi connectivity index (χ2v) is 5.44. The van der Waals surface area contributed by atoms with Crippen molar-refractivity contribution in [2.24, 2.45) is 0 Å². The normalized spacial score (nSPS) is 10.5. The molecule has 112 valence electrons. The molecule has 2 rings (SSSR count). The van der Waals surface area contributed by atoms with E-state index in [1.165, 1.54) is 6.07 Å². The van der Waals surface area contributed by atoms with Crippen molar-refractivity contribution in [1.82, 2.24) is 5.32 Å². The van der Waals surface area contributed by atoms with E-state index in [0.29, 0.717) is 28.1 Å². The third-order valence-electron chi connectivity index (χ3n) is 3.04. The number of rotatable bonds is 6. The molecule has 5 heteroatoms. The van der Waals surface area contributed by atoms with Gasteiger partial charge in [-0.2, -0.15) is 0 Å². The molecule has 0 fully saturated rings. The average molecular weight is 354 g/mol. The smallest absolute Gasteiger partial charge is 0.130 e. The summed E-state index contributed by atoms with van der Waals surface area (Å²) in [5, 5.41) is 3.08. The van der Waals surface area contributed by atoms with Gasteiger partial charge in [0.25, 0.3) is 0 Å². The first-order valence-electron chi connectivity index (χ1n) is 6.52. The highest BCUT2D eigenvalue weighted by molar-refractivity contribution is 9.10. The van der Waals surface area contributed by atoms with Crippen LogP contribution in [0.1, 0.15) is 11.1 Å². The molecular weight excluding hydrogens is 337 g/mol. The largest absolute Gasteiger partial charge is 0.497 e. The monoisotopic (exact) mass is 353 g/mol. The lowest BCUT2D eigenvalue weighted by Gasteiger charge is -2.13. The summed E-state index contributed by atoms with van der Waals surface area (Å²) in [5.74, 6) is 1.11. The van der Waals surface area contributed by atoms with Crippen molar-refractivity contribution in [1.29, 1.82) is 0 Å². The Morgan fingerprint density at radius 2 is 1.90 bits per heavy atom. The summed E-state index contributed by atoms with van der Waals surface area (Å²) in [4.78, 5) is 0. The average Bonchev–Trinajstić information content (AvgIpc) is 2.48. The van der Waals surface area contributed by atoms with Crippen LogP contribution in [0.25, 0.3) is 0 Å². The number of hydrogen-bond acceptors (Lipinski definition) is 3. The highest BCUT2D eigenvalue weighted by atomic mass is 79.9. The van der Waals surface area contributed by atoms with Gasteiger partial charge < -0.3 is 14.8 Å². The molecule has 0 heterocycles. The van der Waals surface area contributed by atoms with Crippen molar-refractivity contribution in [2.45, 2.75) is 13.2 Å². The quantitative estimate of drug-likeness (QED) is 0.854. The molecule has 0 spiro atoms. The first kappa shape index (κ1) is 15.8. The number of methoxy groups -OCH3 is 1. The lowest BCUT2D eigenvalue weighted by Crippen LogP contribution is -2.08. The molecule has 0 atom stereocenters. The van der Waals surface area contributed by atoms with Crippen LogP contribution in [-0.4, -0.2) is 14.2 Å². The summed E-state index contributed by atoms with van der Waals surface area (Å²) in [6, 6.07) is 10.5. The van der Waals surface area contributed by atoms with Crippen LogP contribution >= 0.6 is 15.9 Å². The molecule has 1 N–H and O–H groups in total. The van der Waals surface area contributed by atoms with Gasteiger partial charge in [-0.05, 0) is 25.2 Å². The summed E-state index contributed by atoms with van der Waals surface area (Å²) in [6.45, 7) is 0.838. The van der Waals surface area contributed by atoms with Crippen molar-refractivity contribution in [3.63, 3.8) is 0 Å². The molecule has 0 saturated carbocycles. The van der Waals surface area contributed by atoms with Crippen LogP contribution in [0.4, 0.5) is 4.39 Å². The highest BCUT2D eigenvalue weighted by Gasteiger charge is 2.08. The number of ether oxygens (including phenoxy) is 2. The van der Waals surface area contributed by atoms with E-state index in [-0.39, 0.29) is 12.4 Å². The fraction of sp³-hybridized carbons (Fsp3) is 0.250. The Morgan fingerprint density at radius 1 is 1.14 bits per heavy atom. The van der Waals surface area contributed by atoms with Gasteiger partial charge in [0.1, 0.15) is 23.9 Å². The van der Waals surface area contributed by atoms with E-state index in [2.05, 4.69) is 21.2 Å². The summed E-state index contributed by atoms with van der Waals surface area (Å²) in [6.07, 6.45) is 0. The van der Waals surface area contributed by atoms with Crippen LogP contribution in [-0.2, 0) is 13.2 Å². The number of halogens is 2. The van der Waals surface area contributed by atoms with Gasteiger partial charge >= 0.3 is 0 Å². The molecule has 0 unspecified atom stereocenters. The number of hydrogen-bond donors (Lipinski definition) is 1. The molecule has 0 bridgehead atoms. The molecule has 0 aliphatic rings. The van der Waals surface area contributed by atoms with Crippen molar-refractivity contribution in [2.75, 3.05) is 14.2 Å². The van der Waals surface area contributed by atoms with E-state index in [1.54, 1.807) is 19.2 Å². The topological polar surface area (TPSA) is 30.5 Å². The second kappa shape index (κ2) is 7.43. The zero-order valence-corrected chi connectivity index (χ0v) is 13.5. The summed E-state index contributed by atoms with van der Waals surface area (Å²) in [5.41, 5.74) is 1.51. The predicted molar refractivity (Wildman–Crippen MR) is 84.2 cm³/mol. The molecule has 0 amide bonds. The van der Waals surface area contributed by atoms with E-state index in [9.17, 15) is 4.39 Å². The summed E-state index contributed by atoms with van der Waals surface area (Å²) >= 11 is 3.24. The zero-order valence-electron chi connectivity index (χ0n) is 12.0. The molecule has 2 aromatic carbocycles. The highest BCUT2D eigenvalue weighted by Crippen LogP contribution is 2.26. The second-order valence-electron chi connectivity index (χ2n) is 4.53. The summed E-state index contributed by atoms with van der Waals surface area (Å²) in [7, 11) is 3.47. The van der Waals surface area contributed by atoms with Gasteiger partial charge in [-0.1, -0.05) is 28.1 Å². The van der Waals surface area contributed by atoms with Gasteiger partial charge in [0.15, 0.2) is 0 Å². The van der Waals surface area contributed by atoms with Crippen molar-refractivity contribution in [3.05, 3.63) is 57.8 Å². The van der Waals surface area contributed by atoms with Crippen molar-refractivity contribution < 1.29 is 13.9 Å². The fourth-order valence-corrected chi connectivity index (χ4v) is 2.26. The molecule has 0 aliphatic heterocycles. The molecule has 3 nitrogen and oxygen atoms in total. The van der Waals surface area contributed by atoms with Crippen LogP contribution in [0.2, 0.25) is 0 Å². The van der Waals surface area contributed by atoms with Crippen LogP contribution in [0.3, 0.4) is 0 Å². The first-order chi connectivity index (χ1) is 10.1. The number of nitrogens with one attached hydrogen (secondary N) is 1. The lowest BCUT2D eigenvalue weighted by atomic mass is 10.2. The van der Waals surface area contributed by atoms with Gasteiger partial charge in [0, 0.05) is 28.2 Å². The van der Waals surface area contributed by atoms with Crippen LogP contribution < -0.4 is 14.8 Å². The predicted octanol–water partition coefficient (Wildman–Crippen LogP) is 3.90. The van der Waals surface area contributed by atoms with Gasteiger partial charge in [-0.25, -0.2) is 4.39 Å². The Morgan fingerprint density at radius 3 is 2.57 bits per heavy atom. The Kier molecular flexibility index (Phi) is 5.59. The van der Waals surface area contributed by atoms with Gasteiger partial charge in [0.05, 0.1) is 7.11 Å². The molecule has 0 aromatic heterocycles. The third-order valence-corrected chi connectivity index (χ3v) is 3.53. The lowest BCUT2D eigenvalue weighted by molar-refractivity contribution is 0.294. The van der Waals surface area contributed by atoms with Gasteiger partial charge in [0.2, 0.25) is 0 Å². The zero-order chi connectivity index (χ0) is 15.2. The Hall–Kier alpha value is -1.59. The van der Waals surface area contributed by atoms with E-state index in [0.717, 1.165) is 5.56 Å². The minimum Gasteiger partial charge on any atom is -0.497 e. The summed E-state index contributed by atoms with van der Waals surface area (Å²) < 4.78 is 25.5. The SMILES string of the molecule is CNCc1ccc(OC)cc1OCc1ccc(Br)cc1F. The standard InChI is InChI=1S/C16H17BrFNO2/c1-19-9-11-4-6-14(20-2)8-16(11)21-10-12-3-5-13(17)7-15(12)18/h3-8,19H,9-10H2,1-2H3. The minimum atomic E-state index is -0.289. The van der Waals surface area contributed by atoms with E-state index < -0.39 is 0 Å². The maximum Gasteiger partial charge on any atom is 0.130 e. The van der Waals surface area contributed by atoms with E-state index in [1.807, 2.05) is 25.2 Å². The maximum absolute atomic E-state index is 13.8. The van der Waals surface area contributed by atoms with Crippen molar-refractivity contribution in [3.8, 4) is 11.5 Å². The molecule has 0 aliphatic carbocycles. The number of benzene rings is 2. The van der Waals surface area contributed by atoms with Gasteiger partial charge in [-0.15, -0.1) is 0 Å². The van der Waals surface area contributed by atoms with E-state index in [4.69, 9.17) is 9.47 Å². The van der Waals surface area contributed by atoms with Crippen LogP contribution in [0, 0.1) is 5.82 Å². The Bertz CT molecular complexity index is 619.